The highest BCUT2D eigenvalue weighted by molar-refractivity contribution is 6.42. The zero-order valence-electron chi connectivity index (χ0n) is 18.5. The van der Waals surface area contributed by atoms with E-state index in [1.807, 2.05) is 62.4 Å². The molecule has 0 aliphatic carbocycles. The maximum Gasteiger partial charge on any atom is 0.266 e. The predicted octanol–water partition coefficient (Wildman–Crippen LogP) is 7.81. The van der Waals surface area contributed by atoms with E-state index in [1.165, 1.54) is 0 Å². The van der Waals surface area contributed by atoms with Crippen molar-refractivity contribution in [1.82, 2.24) is 4.57 Å². The van der Waals surface area contributed by atoms with E-state index in [9.17, 15) is 10.1 Å². The first-order valence-electron chi connectivity index (χ1n) is 10.5. The molecule has 0 aliphatic rings. The van der Waals surface area contributed by atoms with Gasteiger partial charge in [-0.3, -0.25) is 4.79 Å². The summed E-state index contributed by atoms with van der Waals surface area (Å²) < 4.78 is 2.13. The van der Waals surface area contributed by atoms with Crippen LogP contribution in [0.5, 0.6) is 0 Å². The highest BCUT2D eigenvalue weighted by Gasteiger charge is 2.17. The van der Waals surface area contributed by atoms with Crippen molar-refractivity contribution in [2.75, 3.05) is 5.32 Å². The molecule has 0 unspecified atom stereocenters. The molecule has 0 bridgehead atoms. The molecular formula is C27H20Cl3N3O. The third-order valence-electron chi connectivity index (χ3n) is 5.71. The molecule has 170 valence electrons. The molecule has 0 spiro atoms. The summed E-state index contributed by atoms with van der Waals surface area (Å²) >= 11 is 18.4. The minimum Gasteiger partial charge on any atom is -0.340 e. The van der Waals surface area contributed by atoms with Crippen molar-refractivity contribution < 1.29 is 4.79 Å². The summed E-state index contributed by atoms with van der Waals surface area (Å²) in [6.45, 7) is 4.40. The van der Waals surface area contributed by atoms with Crippen molar-refractivity contribution in [3.8, 4) is 6.07 Å². The van der Waals surface area contributed by atoms with Gasteiger partial charge in [0, 0.05) is 39.4 Å². The van der Waals surface area contributed by atoms with Gasteiger partial charge in [-0.05, 0) is 61.4 Å². The van der Waals surface area contributed by atoms with Crippen LogP contribution in [0.4, 0.5) is 5.69 Å². The monoisotopic (exact) mass is 507 g/mol. The van der Waals surface area contributed by atoms with Gasteiger partial charge in [0.25, 0.3) is 5.91 Å². The SMILES string of the molecule is Cc1ccc(Cl)cc1NC(=O)/C(C#N)=C/c1c(C)n(Cc2ccc(Cl)c(Cl)c2)c2ccccc12. The normalized spacial score (nSPS) is 11.5. The lowest BCUT2D eigenvalue weighted by Gasteiger charge is -2.10. The molecule has 0 radical (unpaired) electrons. The van der Waals surface area contributed by atoms with Crippen molar-refractivity contribution in [2.24, 2.45) is 0 Å². The first-order valence-corrected chi connectivity index (χ1v) is 11.6. The van der Waals surface area contributed by atoms with Gasteiger partial charge in [0.15, 0.2) is 0 Å². The molecule has 0 atom stereocenters. The Labute approximate surface area is 213 Å². The number of benzene rings is 3. The van der Waals surface area contributed by atoms with Crippen LogP contribution < -0.4 is 5.32 Å². The summed E-state index contributed by atoms with van der Waals surface area (Å²) in [6.07, 6.45) is 1.64. The van der Waals surface area contributed by atoms with Gasteiger partial charge in [-0.25, -0.2) is 0 Å². The summed E-state index contributed by atoms with van der Waals surface area (Å²) in [5.74, 6) is -0.492. The van der Waals surface area contributed by atoms with Crippen LogP contribution in [0.15, 0.2) is 66.2 Å². The number of aromatic nitrogens is 1. The Morgan fingerprint density at radius 2 is 1.79 bits per heavy atom. The number of nitriles is 1. The number of para-hydroxylation sites is 1. The standard InChI is InChI=1S/C27H20Cl3N3O/c1-16-7-9-20(28)13-25(16)32-27(34)19(14-31)12-22-17(2)33(26-6-4-3-5-21(22)26)15-18-8-10-23(29)24(30)11-18/h3-13H,15H2,1-2H3,(H,32,34)/b19-12+. The largest absolute Gasteiger partial charge is 0.340 e. The first kappa shape index (κ1) is 23.9. The number of nitrogens with zero attached hydrogens (tertiary/aromatic N) is 2. The Morgan fingerprint density at radius 3 is 2.53 bits per heavy atom. The fourth-order valence-electron chi connectivity index (χ4n) is 3.88. The highest BCUT2D eigenvalue weighted by Crippen LogP contribution is 2.30. The second-order valence-electron chi connectivity index (χ2n) is 7.93. The van der Waals surface area contributed by atoms with Gasteiger partial charge in [-0.15, -0.1) is 0 Å². The fraction of sp³-hybridized carbons (Fsp3) is 0.111. The molecule has 4 nitrogen and oxygen atoms in total. The third-order valence-corrected chi connectivity index (χ3v) is 6.68. The van der Waals surface area contributed by atoms with Gasteiger partial charge in [0.2, 0.25) is 0 Å². The Balaban J connectivity index is 1.75. The maximum atomic E-state index is 12.9. The van der Waals surface area contributed by atoms with Crippen molar-refractivity contribution in [2.45, 2.75) is 20.4 Å². The first-order chi connectivity index (χ1) is 16.3. The summed E-state index contributed by atoms with van der Waals surface area (Å²) in [7, 11) is 0. The Bertz CT molecular complexity index is 1500. The minimum atomic E-state index is -0.492. The van der Waals surface area contributed by atoms with E-state index in [0.717, 1.165) is 33.3 Å². The minimum absolute atomic E-state index is 0.0000778. The topological polar surface area (TPSA) is 57.8 Å². The van der Waals surface area contributed by atoms with E-state index >= 15 is 0 Å². The van der Waals surface area contributed by atoms with Crippen LogP contribution in [0.2, 0.25) is 15.1 Å². The number of carbonyl (C=O) groups excluding carboxylic acids is 1. The number of rotatable bonds is 5. The number of carbonyl (C=O) groups is 1. The summed E-state index contributed by atoms with van der Waals surface area (Å²) in [5.41, 5.74) is 5.13. The van der Waals surface area contributed by atoms with Crippen molar-refractivity contribution >= 4 is 63.4 Å². The van der Waals surface area contributed by atoms with Crippen molar-refractivity contribution in [3.63, 3.8) is 0 Å². The Kier molecular flexibility index (Phi) is 7.00. The summed E-state index contributed by atoms with van der Waals surface area (Å²) in [6, 6.07) is 20.7. The molecule has 4 rings (SSSR count). The second kappa shape index (κ2) is 9.95. The van der Waals surface area contributed by atoms with Crippen LogP contribution in [0.25, 0.3) is 17.0 Å². The predicted molar refractivity (Wildman–Crippen MR) is 141 cm³/mol. The van der Waals surface area contributed by atoms with E-state index in [2.05, 4.69) is 9.88 Å². The van der Waals surface area contributed by atoms with E-state index < -0.39 is 5.91 Å². The molecule has 1 amide bonds. The zero-order valence-corrected chi connectivity index (χ0v) is 20.8. The highest BCUT2D eigenvalue weighted by atomic mass is 35.5. The lowest BCUT2D eigenvalue weighted by atomic mass is 10.1. The van der Waals surface area contributed by atoms with Gasteiger partial charge < -0.3 is 9.88 Å². The number of fused-ring (bicyclic) bond motifs is 1. The maximum absolute atomic E-state index is 12.9. The zero-order chi connectivity index (χ0) is 24.4. The van der Waals surface area contributed by atoms with E-state index in [1.54, 1.807) is 24.3 Å². The second-order valence-corrected chi connectivity index (χ2v) is 9.18. The molecule has 0 aliphatic heterocycles. The van der Waals surface area contributed by atoms with Gasteiger partial charge in [-0.1, -0.05) is 65.1 Å². The van der Waals surface area contributed by atoms with Crippen LogP contribution in [-0.4, -0.2) is 10.5 Å². The van der Waals surface area contributed by atoms with Crippen LogP contribution in [0.1, 0.15) is 22.4 Å². The van der Waals surface area contributed by atoms with Crippen LogP contribution in [-0.2, 0) is 11.3 Å². The quantitative estimate of drug-likeness (QED) is 0.221. The molecule has 1 aromatic heterocycles. The summed E-state index contributed by atoms with van der Waals surface area (Å²) in [5, 5.41) is 15.0. The van der Waals surface area contributed by atoms with E-state index in [-0.39, 0.29) is 5.57 Å². The average Bonchev–Trinajstić information content (AvgIpc) is 3.07. The molecule has 0 saturated carbocycles. The van der Waals surface area contributed by atoms with Crippen LogP contribution >= 0.6 is 34.8 Å². The molecule has 1 N–H and O–H groups in total. The number of aryl methyl sites for hydroxylation is 1. The molecule has 1 heterocycles. The summed E-state index contributed by atoms with van der Waals surface area (Å²) in [4.78, 5) is 12.9. The Morgan fingerprint density at radius 1 is 1.03 bits per heavy atom. The van der Waals surface area contributed by atoms with Crippen LogP contribution in [0.3, 0.4) is 0 Å². The fourth-order valence-corrected chi connectivity index (χ4v) is 4.37. The Hall–Kier alpha value is -3.23. The molecule has 34 heavy (non-hydrogen) atoms. The number of amides is 1. The van der Waals surface area contributed by atoms with Crippen molar-refractivity contribution in [1.29, 1.82) is 5.26 Å². The third kappa shape index (κ3) is 4.83. The molecule has 7 heteroatoms. The molecular weight excluding hydrogens is 489 g/mol. The number of nitrogens with one attached hydrogen (secondary N) is 1. The number of hydrogen-bond donors (Lipinski definition) is 1. The number of hydrogen-bond acceptors (Lipinski definition) is 2. The lowest BCUT2D eigenvalue weighted by molar-refractivity contribution is -0.112. The van der Waals surface area contributed by atoms with Gasteiger partial charge >= 0.3 is 0 Å². The molecule has 4 aromatic rings. The van der Waals surface area contributed by atoms with Crippen molar-refractivity contribution in [3.05, 3.63) is 104 Å². The van der Waals surface area contributed by atoms with E-state index in [4.69, 9.17) is 34.8 Å². The van der Waals surface area contributed by atoms with Gasteiger partial charge in [0.1, 0.15) is 11.6 Å². The number of halogens is 3. The molecule has 0 saturated heterocycles. The molecule has 0 fully saturated rings. The number of anilines is 1. The smallest absolute Gasteiger partial charge is 0.266 e. The van der Waals surface area contributed by atoms with Gasteiger partial charge in [-0.2, -0.15) is 5.26 Å². The van der Waals surface area contributed by atoms with E-state index in [0.29, 0.717) is 27.3 Å². The average molecular weight is 509 g/mol. The molecule has 3 aromatic carbocycles. The van der Waals surface area contributed by atoms with Gasteiger partial charge in [0.05, 0.1) is 10.0 Å². The van der Waals surface area contributed by atoms with Crippen LogP contribution in [0, 0.1) is 25.2 Å². The lowest BCUT2D eigenvalue weighted by Crippen LogP contribution is -2.14.